The van der Waals surface area contributed by atoms with Crippen LogP contribution in [-0.2, 0) is 4.74 Å². The first-order valence-corrected chi connectivity index (χ1v) is 5.65. The van der Waals surface area contributed by atoms with E-state index in [9.17, 15) is 0 Å². The lowest BCUT2D eigenvalue weighted by atomic mass is 10.3. The highest BCUT2D eigenvalue weighted by molar-refractivity contribution is 7.99. The highest BCUT2D eigenvalue weighted by atomic mass is 32.2. The molecule has 0 spiro atoms. The summed E-state index contributed by atoms with van der Waals surface area (Å²) in [5, 5.41) is 9.07. The normalized spacial score (nSPS) is 21.9. The number of hydrogen-bond acceptors (Lipinski definition) is 4. The molecule has 0 aliphatic carbocycles. The van der Waals surface area contributed by atoms with Crippen LogP contribution in [0.25, 0.3) is 0 Å². The molecule has 1 aromatic rings. The largest absolute Gasteiger partial charge is 0.508 e. The number of hydrogen-bond donors (Lipinski definition) is 1. The third kappa shape index (κ3) is 2.56. The first-order valence-electron chi connectivity index (χ1n) is 4.49. The first-order chi connectivity index (χ1) is 6.84. The lowest BCUT2D eigenvalue weighted by Gasteiger charge is -2.23. The van der Waals surface area contributed by atoms with E-state index in [1.165, 1.54) is 0 Å². The van der Waals surface area contributed by atoms with Crippen molar-refractivity contribution in [2.45, 2.75) is 6.29 Å². The number of benzene rings is 1. The van der Waals surface area contributed by atoms with Crippen LogP contribution in [0.15, 0.2) is 24.3 Å². The third-order valence-corrected chi connectivity index (χ3v) is 2.85. The Morgan fingerprint density at radius 3 is 2.79 bits per heavy atom. The Balaban J connectivity index is 1.92. The molecule has 0 radical (unpaired) electrons. The van der Waals surface area contributed by atoms with E-state index in [0.29, 0.717) is 0 Å². The number of ether oxygens (including phenoxy) is 2. The Morgan fingerprint density at radius 2 is 2.14 bits per heavy atom. The second kappa shape index (κ2) is 4.57. The van der Waals surface area contributed by atoms with Crippen LogP contribution in [0.3, 0.4) is 0 Å². The van der Waals surface area contributed by atoms with Gasteiger partial charge in [-0.2, -0.15) is 11.8 Å². The maximum Gasteiger partial charge on any atom is 0.208 e. The van der Waals surface area contributed by atoms with E-state index in [0.717, 1.165) is 23.9 Å². The molecule has 3 nitrogen and oxygen atoms in total. The van der Waals surface area contributed by atoms with Crippen LogP contribution < -0.4 is 4.74 Å². The van der Waals surface area contributed by atoms with Crippen molar-refractivity contribution in [1.29, 1.82) is 0 Å². The van der Waals surface area contributed by atoms with Crippen LogP contribution in [0.2, 0.25) is 0 Å². The summed E-state index contributed by atoms with van der Waals surface area (Å²) in [5.74, 6) is 2.88. The van der Waals surface area contributed by atoms with Crippen LogP contribution in [0.5, 0.6) is 11.5 Å². The summed E-state index contributed by atoms with van der Waals surface area (Å²) in [6.45, 7) is 0.743. The summed E-state index contributed by atoms with van der Waals surface area (Å²) in [6.07, 6.45) is -0.154. The third-order valence-electron chi connectivity index (χ3n) is 1.89. The molecule has 1 atom stereocenters. The van der Waals surface area contributed by atoms with Crippen molar-refractivity contribution in [2.75, 3.05) is 18.1 Å². The van der Waals surface area contributed by atoms with Crippen LogP contribution in [0, 0.1) is 0 Å². The summed E-state index contributed by atoms with van der Waals surface area (Å²) in [5.41, 5.74) is 0. The Hall–Kier alpha value is -0.870. The fraction of sp³-hybridized carbons (Fsp3) is 0.400. The Bertz CT molecular complexity index is 280. The van der Waals surface area contributed by atoms with Gasteiger partial charge in [-0.25, -0.2) is 0 Å². The van der Waals surface area contributed by atoms with Crippen molar-refractivity contribution >= 4 is 11.8 Å². The van der Waals surface area contributed by atoms with Crippen LogP contribution in [0.1, 0.15) is 0 Å². The molecule has 0 aromatic heterocycles. The maximum absolute atomic E-state index is 9.07. The quantitative estimate of drug-likeness (QED) is 0.812. The van der Waals surface area contributed by atoms with Crippen LogP contribution in [0.4, 0.5) is 0 Å². The summed E-state index contributed by atoms with van der Waals surface area (Å²) >= 11 is 1.83. The van der Waals surface area contributed by atoms with Crippen molar-refractivity contribution in [3.05, 3.63) is 24.3 Å². The lowest BCUT2D eigenvalue weighted by Crippen LogP contribution is -2.28. The minimum atomic E-state index is -0.154. The molecule has 1 aromatic carbocycles. The average molecular weight is 212 g/mol. The van der Waals surface area contributed by atoms with E-state index in [1.807, 2.05) is 11.8 Å². The van der Waals surface area contributed by atoms with E-state index in [4.69, 9.17) is 14.6 Å². The molecule has 1 saturated heterocycles. The van der Waals surface area contributed by atoms with Crippen molar-refractivity contribution in [2.24, 2.45) is 0 Å². The van der Waals surface area contributed by atoms with Gasteiger partial charge in [0.15, 0.2) is 0 Å². The van der Waals surface area contributed by atoms with Crippen LogP contribution in [-0.4, -0.2) is 29.5 Å². The molecule has 0 amide bonds. The van der Waals surface area contributed by atoms with E-state index < -0.39 is 0 Å². The Kier molecular flexibility index (Phi) is 3.16. The monoisotopic (exact) mass is 212 g/mol. The minimum absolute atomic E-state index is 0.154. The van der Waals surface area contributed by atoms with E-state index in [-0.39, 0.29) is 12.0 Å². The van der Waals surface area contributed by atoms with Gasteiger partial charge in [0.05, 0.1) is 12.4 Å². The van der Waals surface area contributed by atoms with Gasteiger partial charge in [0, 0.05) is 5.75 Å². The highest BCUT2D eigenvalue weighted by Gasteiger charge is 2.15. The molecule has 1 aliphatic rings. The number of thioether (sulfide) groups is 1. The zero-order valence-electron chi connectivity index (χ0n) is 7.68. The first kappa shape index (κ1) is 9.68. The molecule has 1 heterocycles. The smallest absolute Gasteiger partial charge is 0.208 e. The second-order valence-electron chi connectivity index (χ2n) is 2.99. The second-order valence-corrected chi connectivity index (χ2v) is 4.14. The molecule has 2 rings (SSSR count). The zero-order valence-corrected chi connectivity index (χ0v) is 8.50. The van der Waals surface area contributed by atoms with Gasteiger partial charge >= 0.3 is 0 Å². The predicted molar refractivity (Wildman–Crippen MR) is 55.8 cm³/mol. The molecular formula is C10H12O3S. The van der Waals surface area contributed by atoms with Gasteiger partial charge in [0.2, 0.25) is 6.29 Å². The number of phenols is 1. The van der Waals surface area contributed by atoms with Gasteiger partial charge in [-0.05, 0) is 24.3 Å². The number of rotatable bonds is 2. The van der Waals surface area contributed by atoms with Gasteiger partial charge in [0.25, 0.3) is 0 Å². The SMILES string of the molecule is Oc1ccc(OC2CSCCO2)cc1. The van der Waals surface area contributed by atoms with Crippen molar-refractivity contribution in [3.63, 3.8) is 0 Å². The minimum Gasteiger partial charge on any atom is -0.508 e. The molecule has 14 heavy (non-hydrogen) atoms. The predicted octanol–water partition coefficient (Wildman–Crippen LogP) is 1.86. The Morgan fingerprint density at radius 1 is 1.36 bits per heavy atom. The fourth-order valence-corrected chi connectivity index (χ4v) is 1.95. The highest BCUT2D eigenvalue weighted by Crippen LogP contribution is 2.20. The lowest BCUT2D eigenvalue weighted by molar-refractivity contribution is -0.0611. The molecule has 1 unspecified atom stereocenters. The van der Waals surface area contributed by atoms with Crippen molar-refractivity contribution in [1.82, 2.24) is 0 Å². The molecule has 1 N–H and O–H groups in total. The van der Waals surface area contributed by atoms with E-state index >= 15 is 0 Å². The molecule has 4 heteroatoms. The summed E-state index contributed by atoms with van der Waals surface area (Å²) < 4.78 is 11.0. The fourth-order valence-electron chi connectivity index (χ4n) is 1.21. The summed E-state index contributed by atoms with van der Waals surface area (Å²) in [4.78, 5) is 0. The summed E-state index contributed by atoms with van der Waals surface area (Å²) in [7, 11) is 0. The molecule has 0 bridgehead atoms. The molecule has 0 saturated carbocycles. The average Bonchev–Trinajstić information content (AvgIpc) is 2.23. The van der Waals surface area contributed by atoms with Gasteiger partial charge in [-0.3, -0.25) is 0 Å². The van der Waals surface area contributed by atoms with Gasteiger partial charge in [-0.15, -0.1) is 0 Å². The maximum atomic E-state index is 9.07. The van der Waals surface area contributed by atoms with Gasteiger partial charge in [0.1, 0.15) is 11.5 Å². The van der Waals surface area contributed by atoms with E-state index in [1.54, 1.807) is 24.3 Å². The standard InChI is InChI=1S/C10H12O3S/c11-8-1-3-9(4-2-8)13-10-7-14-6-5-12-10/h1-4,10-11H,5-7H2. The molecule has 1 aliphatic heterocycles. The number of phenolic OH excluding ortho intramolecular Hbond substituents is 1. The van der Waals surface area contributed by atoms with Crippen LogP contribution >= 0.6 is 11.8 Å². The molecule has 76 valence electrons. The van der Waals surface area contributed by atoms with Gasteiger partial charge in [-0.1, -0.05) is 0 Å². The van der Waals surface area contributed by atoms with Crippen molar-refractivity contribution in [3.8, 4) is 11.5 Å². The van der Waals surface area contributed by atoms with Gasteiger partial charge < -0.3 is 14.6 Å². The zero-order chi connectivity index (χ0) is 9.80. The van der Waals surface area contributed by atoms with Crippen molar-refractivity contribution < 1.29 is 14.6 Å². The molecular weight excluding hydrogens is 200 g/mol. The Labute approximate surface area is 87.0 Å². The van der Waals surface area contributed by atoms with E-state index in [2.05, 4.69) is 0 Å². The topological polar surface area (TPSA) is 38.7 Å². The number of aromatic hydroxyl groups is 1. The summed E-state index contributed by atoms with van der Waals surface area (Å²) in [6, 6.07) is 6.67. The molecule has 1 fully saturated rings.